The van der Waals surface area contributed by atoms with Crippen LogP contribution in [0.3, 0.4) is 0 Å². The predicted octanol–water partition coefficient (Wildman–Crippen LogP) is 5.49. The number of rotatable bonds is 4. The minimum Gasteiger partial charge on any atom is -0.503 e. The molecule has 0 fully saturated rings. The molecule has 4 nitrogen and oxygen atoms in total. The average molecular weight is 470 g/mol. The van der Waals surface area contributed by atoms with Gasteiger partial charge in [0.1, 0.15) is 11.1 Å². The van der Waals surface area contributed by atoms with Crippen molar-refractivity contribution in [3.8, 4) is 17.6 Å². The van der Waals surface area contributed by atoms with Gasteiger partial charge in [-0.15, -0.1) is 11.3 Å². The number of fused-ring (bicyclic) bond motifs is 1. The van der Waals surface area contributed by atoms with Crippen molar-refractivity contribution in [3.05, 3.63) is 36.6 Å². The Morgan fingerprint density at radius 1 is 1.42 bits per heavy atom. The van der Waals surface area contributed by atoms with Crippen LogP contribution >= 0.6 is 43.2 Å². The van der Waals surface area contributed by atoms with Gasteiger partial charge in [0.05, 0.1) is 16.6 Å². The van der Waals surface area contributed by atoms with Gasteiger partial charge in [-0.1, -0.05) is 0 Å². The third-order valence-electron chi connectivity index (χ3n) is 3.81. The largest absolute Gasteiger partial charge is 0.503 e. The van der Waals surface area contributed by atoms with E-state index in [0.29, 0.717) is 26.9 Å². The molecule has 0 atom stereocenters. The van der Waals surface area contributed by atoms with Crippen LogP contribution in [0.15, 0.2) is 20.0 Å². The maximum Gasteiger partial charge on any atom is 0.173 e. The summed E-state index contributed by atoms with van der Waals surface area (Å²) in [7, 11) is 0. The number of thiophene rings is 1. The van der Waals surface area contributed by atoms with Crippen LogP contribution in [-0.4, -0.2) is 17.9 Å². The lowest BCUT2D eigenvalue weighted by Crippen LogP contribution is -1.95. The summed E-state index contributed by atoms with van der Waals surface area (Å²) in [6.45, 7) is 2.31. The minimum absolute atomic E-state index is 0.0497. The molecule has 1 aliphatic carbocycles. The summed E-state index contributed by atoms with van der Waals surface area (Å²) in [6, 6.07) is 4.02. The molecule has 2 aromatic rings. The molecule has 24 heavy (non-hydrogen) atoms. The molecular weight excluding hydrogens is 456 g/mol. The first-order valence-electron chi connectivity index (χ1n) is 7.49. The van der Waals surface area contributed by atoms with Crippen molar-refractivity contribution >= 4 is 54.4 Å². The van der Waals surface area contributed by atoms with E-state index in [2.05, 4.69) is 42.9 Å². The Kier molecular flexibility index (Phi) is 5.28. The lowest BCUT2D eigenvalue weighted by molar-refractivity contribution is 0.317. The first kappa shape index (κ1) is 17.5. The van der Waals surface area contributed by atoms with Gasteiger partial charge < -0.3 is 9.84 Å². The number of hydrogen-bond acceptors (Lipinski definition) is 5. The number of hydrogen-bond donors (Lipinski definition) is 1. The van der Waals surface area contributed by atoms with Crippen molar-refractivity contribution in [2.24, 2.45) is 4.99 Å². The second-order valence-electron chi connectivity index (χ2n) is 5.28. The van der Waals surface area contributed by atoms with E-state index in [0.717, 1.165) is 35.4 Å². The van der Waals surface area contributed by atoms with Gasteiger partial charge in [-0.3, -0.25) is 0 Å². The molecule has 1 aliphatic rings. The lowest BCUT2D eigenvalue weighted by atomic mass is 10.1. The van der Waals surface area contributed by atoms with Crippen LogP contribution in [0.1, 0.15) is 34.9 Å². The van der Waals surface area contributed by atoms with E-state index in [1.54, 1.807) is 23.6 Å². The summed E-state index contributed by atoms with van der Waals surface area (Å²) in [6.07, 6.45) is 4.81. The van der Waals surface area contributed by atoms with E-state index in [4.69, 9.17) is 4.74 Å². The molecule has 0 saturated heterocycles. The Labute approximate surface area is 161 Å². The molecule has 0 unspecified atom stereocenters. The van der Waals surface area contributed by atoms with Crippen LogP contribution in [0.4, 0.5) is 5.00 Å². The monoisotopic (exact) mass is 468 g/mol. The molecule has 0 amide bonds. The Morgan fingerprint density at radius 2 is 2.21 bits per heavy atom. The van der Waals surface area contributed by atoms with Crippen molar-refractivity contribution < 1.29 is 9.84 Å². The summed E-state index contributed by atoms with van der Waals surface area (Å²) < 4.78 is 6.65. The van der Waals surface area contributed by atoms with Crippen LogP contribution < -0.4 is 4.74 Å². The van der Waals surface area contributed by atoms with Crippen LogP contribution in [0.5, 0.6) is 11.5 Å². The summed E-state index contributed by atoms with van der Waals surface area (Å²) in [5, 5.41) is 20.3. The summed E-state index contributed by atoms with van der Waals surface area (Å²) >= 11 is 8.40. The van der Waals surface area contributed by atoms with Crippen LogP contribution in [0.25, 0.3) is 0 Å². The van der Waals surface area contributed by atoms with Gasteiger partial charge >= 0.3 is 0 Å². The van der Waals surface area contributed by atoms with Crippen LogP contribution in [0, 0.1) is 11.3 Å². The minimum atomic E-state index is 0.0497. The third kappa shape index (κ3) is 3.10. The number of phenols is 1. The Hall–Kier alpha value is -1.36. The molecule has 0 saturated carbocycles. The Bertz CT molecular complexity index is 869. The molecule has 1 heterocycles. The predicted molar refractivity (Wildman–Crippen MR) is 103 cm³/mol. The van der Waals surface area contributed by atoms with E-state index in [1.165, 1.54) is 4.88 Å². The molecule has 1 aromatic carbocycles. The summed E-state index contributed by atoms with van der Waals surface area (Å²) in [5.74, 6) is 0.442. The maximum atomic E-state index is 10.1. The quantitative estimate of drug-likeness (QED) is 0.602. The molecule has 3 rings (SSSR count). The fourth-order valence-corrected chi connectivity index (χ4v) is 4.71. The molecule has 0 aliphatic heterocycles. The highest BCUT2D eigenvalue weighted by molar-refractivity contribution is 9.13. The zero-order valence-electron chi connectivity index (χ0n) is 12.9. The van der Waals surface area contributed by atoms with Gasteiger partial charge in [0.15, 0.2) is 11.5 Å². The van der Waals surface area contributed by atoms with E-state index >= 15 is 0 Å². The van der Waals surface area contributed by atoms with E-state index < -0.39 is 0 Å². The molecule has 0 bridgehead atoms. The van der Waals surface area contributed by atoms with Gasteiger partial charge in [-0.25, -0.2) is 4.99 Å². The normalized spacial score (nSPS) is 13.2. The average Bonchev–Trinajstić information content (AvgIpc) is 3.14. The molecule has 0 spiro atoms. The zero-order chi connectivity index (χ0) is 17.3. The van der Waals surface area contributed by atoms with Crippen molar-refractivity contribution in [2.75, 3.05) is 6.61 Å². The number of nitriles is 1. The number of phenolic OH excluding ortho intramolecular Hbond substituents is 1. The number of nitrogens with zero attached hydrogens (tertiary/aromatic N) is 2. The van der Waals surface area contributed by atoms with Crippen molar-refractivity contribution in [1.82, 2.24) is 0 Å². The lowest BCUT2D eigenvalue weighted by Gasteiger charge is -2.10. The second kappa shape index (κ2) is 7.26. The highest BCUT2D eigenvalue weighted by atomic mass is 79.9. The first-order valence-corrected chi connectivity index (χ1v) is 9.89. The van der Waals surface area contributed by atoms with Gasteiger partial charge in [0, 0.05) is 21.1 Å². The van der Waals surface area contributed by atoms with Gasteiger partial charge in [0.25, 0.3) is 0 Å². The van der Waals surface area contributed by atoms with Crippen molar-refractivity contribution in [2.45, 2.75) is 26.2 Å². The number of aryl methyl sites for hydroxylation is 1. The third-order valence-corrected chi connectivity index (χ3v) is 7.17. The number of aliphatic imine (C=N–C) groups is 1. The molecule has 7 heteroatoms. The fourth-order valence-electron chi connectivity index (χ4n) is 2.70. The van der Waals surface area contributed by atoms with E-state index in [-0.39, 0.29) is 5.75 Å². The standard InChI is InChI=1S/C17H14Br2N2O2S/c1-2-23-12-6-9(14(18)15(19)16(12)22)8-21-17-11(7-20)10-4-3-5-13(10)24-17/h6,8,22H,2-5H2,1H3. The fraction of sp³-hybridized carbons (Fsp3) is 0.294. The maximum absolute atomic E-state index is 10.1. The molecular formula is C17H14Br2N2O2S. The first-order chi connectivity index (χ1) is 11.6. The van der Waals surface area contributed by atoms with Crippen molar-refractivity contribution in [1.29, 1.82) is 5.26 Å². The van der Waals surface area contributed by atoms with Crippen LogP contribution in [0.2, 0.25) is 0 Å². The Balaban J connectivity index is 2.00. The zero-order valence-corrected chi connectivity index (χ0v) is 16.9. The smallest absolute Gasteiger partial charge is 0.173 e. The summed E-state index contributed by atoms with van der Waals surface area (Å²) in [5.41, 5.74) is 2.62. The SMILES string of the molecule is CCOc1cc(C=Nc2sc3c(c2C#N)CCC3)c(Br)c(Br)c1O. The highest BCUT2D eigenvalue weighted by Crippen LogP contribution is 2.43. The number of benzene rings is 1. The molecule has 124 valence electrons. The summed E-state index contributed by atoms with van der Waals surface area (Å²) in [4.78, 5) is 5.80. The van der Waals surface area contributed by atoms with Crippen LogP contribution in [-0.2, 0) is 12.8 Å². The molecule has 1 N–H and O–H groups in total. The number of aromatic hydroxyl groups is 1. The van der Waals surface area contributed by atoms with Gasteiger partial charge in [0.2, 0.25) is 0 Å². The Morgan fingerprint density at radius 3 is 2.92 bits per heavy atom. The second-order valence-corrected chi connectivity index (χ2v) is 7.95. The number of halogens is 2. The van der Waals surface area contributed by atoms with Crippen molar-refractivity contribution in [3.63, 3.8) is 0 Å². The van der Waals surface area contributed by atoms with E-state index in [9.17, 15) is 10.4 Å². The van der Waals surface area contributed by atoms with Gasteiger partial charge in [-0.05, 0) is 69.7 Å². The van der Waals surface area contributed by atoms with E-state index in [1.807, 2.05) is 6.92 Å². The molecule has 0 radical (unpaired) electrons. The van der Waals surface area contributed by atoms with Gasteiger partial charge in [-0.2, -0.15) is 5.26 Å². The topological polar surface area (TPSA) is 65.6 Å². The number of ether oxygens (including phenoxy) is 1. The highest BCUT2D eigenvalue weighted by Gasteiger charge is 2.22. The molecule has 1 aromatic heterocycles.